The predicted octanol–water partition coefficient (Wildman–Crippen LogP) is 7.22. The third-order valence-electron chi connectivity index (χ3n) is 6.83. The minimum atomic E-state index is -2.49. The van der Waals surface area contributed by atoms with Gasteiger partial charge < -0.3 is 0 Å². The summed E-state index contributed by atoms with van der Waals surface area (Å²) in [5.74, 6) is 0. The van der Waals surface area contributed by atoms with Gasteiger partial charge in [-0.1, -0.05) is 109 Å². The maximum atomic E-state index is 8.03. The molecule has 0 aromatic heterocycles. The second-order valence-electron chi connectivity index (χ2n) is 8.22. The van der Waals surface area contributed by atoms with E-state index in [1.807, 2.05) is 0 Å². The zero-order valence-corrected chi connectivity index (χ0v) is 17.8. The fourth-order valence-electron chi connectivity index (χ4n) is 5.49. The van der Waals surface area contributed by atoms with Gasteiger partial charge in [0.1, 0.15) is 0 Å². The second-order valence-corrected chi connectivity index (χ2v) is 13.7. The van der Waals surface area contributed by atoms with Gasteiger partial charge in [0.15, 0.2) is 7.38 Å². The third kappa shape index (κ3) is 2.44. The number of allylic oxidation sites excluding steroid dienone is 3. The van der Waals surface area contributed by atoms with E-state index in [1.54, 1.807) is 0 Å². The summed E-state index contributed by atoms with van der Waals surface area (Å²) in [6.07, 6.45) is 14.0. The second kappa shape index (κ2) is 6.45. The first-order chi connectivity index (χ1) is 14.3. The summed E-state index contributed by atoms with van der Waals surface area (Å²) in [7, 11) is -2.49. The topological polar surface area (TPSA) is 0 Å². The number of hydrogen-bond acceptors (Lipinski definition) is 0. The van der Waals surface area contributed by atoms with Crippen molar-refractivity contribution in [3.8, 4) is 0 Å². The lowest BCUT2D eigenvalue weighted by Gasteiger charge is -2.40. The van der Waals surface area contributed by atoms with Gasteiger partial charge in [-0.05, 0) is 33.4 Å². The van der Waals surface area contributed by atoms with E-state index >= 15 is 0 Å². The van der Waals surface area contributed by atoms with Crippen LogP contribution in [0.25, 0.3) is 18.2 Å². The number of rotatable bonds is 3. The van der Waals surface area contributed by atoms with Gasteiger partial charge in [0.2, 0.25) is 0 Å². The van der Waals surface area contributed by atoms with Crippen molar-refractivity contribution in [1.82, 2.24) is 0 Å². The molecule has 0 N–H and O–H groups in total. The van der Waals surface area contributed by atoms with Gasteiger partial charge in [-0.3, -0.25) is 0 Å². The smallest absolute Gasteiger partial charge is 0.164 e. The fraction of sp³-hybridized carbons (Fsp3) is 0.111. The molecule has 0 fully saturated rings. The minimum absolute atomic E-state index is 0.280. The van der Waals surface area contributed by atoms with E-state index in [0.29, 0.717) is 0 Å². The van der Waals surface area contributed by atoms with E-state index in [2.05, 4.69) is 109 Å². The van der Waals surface area contributed by atoms with E-state index in [4.69, 9.17) is 11.1 Å². The highest BCUT2D eigenvalue weighted by atomic mass is 35.6. The molecule has 0 saturated carbocycles. The van der Waals surface area contributed by atoms with Crippen LogP contribution in [0.1, 0.15) is 50.0 Å². The van der Waals surface area contributed by atoms with Crippen molar-refractivity contribution in [3.05, 3.63) is 124 Å². The Morgan fingerprint density at radius 3 is 1.14 bits per heavy atom. The lowest BCUT2D eigenvalue weighted by molar-refractivity contribution is 0.992. The molecule has 2 heteroatoms. The molecule has 3 aliphatic rings. The minimum Gasteiger partial charge on any atom is -0.164 e. The molecule has 0 saturated heterocycles. The third-order valence-corrected chi connectivity index (χ3v) is 13.3. The quantitative estimate of drug-likeness (QED) is 0.317. The van der Waals surface area contributed by atoms with Crippen molar-refractivity contribution in [1.29, 1.82) is 0 Å². The summed E-state index contributed by atoms with van der Waals surface area (Å²) in [6, 6.07) is 26.3. The molecular formula is C27H21ClSi. The standard InChI is InChI=1S/C27H21ClSi/c28-29(25-16-13-19-7-1-4-10-22(19)25,26-17-14-20-8-2-5-11-23(20)26)27-18-15-21-9-3-6-12-24(21)27/h1-18,25-27H. The van der Waals surface area contributed by atoms with E-state index in [1.165, 1.54) is 33.4 Å². The SMILES string of the molecule is Cl[Si](C1C=Cc2ccccc21)(C1C=Cc2ccccc21)C1C=Cc2ccccc21. The van der Waals surface area contributed by atoms with Gasteiger partial charge in [-0.2, -0.15) is 11.1 Å². The van der Waals surface area contributed by atoms with E-state index in [0.717, 1.165) is 0 Å². The summed E-state index contributed by atoms with van der Waals surface area (Å²) in [6.45, 7) is 0. The van der Waals surface area contributed by atoms with E-state index < -0.39 is 7.38 Å². The molecule has 0 spiro atoms. The van der Waals surface area contributed by atoms with Crippen molar-refractivity contribution < 1.29 is 0 Å². The van der Waals surface area contributed by atoms with Crippen LogP contribution in [0.4, 0.5) is 0 Å². The summed E-state index contributed by atoms with van der Waals surface area (Å²) in [5, 5.41) is 0. The van der Waals surface area contributed by atoms with Crippen LogP contribution in [0.5, 0.6) is 0 Å². The van der Waals surface area contributed by atoms with Crippen molar-refractivity contribution in [3.63, 3.8) is 0 Å². The summed E-state index contributed by atoms with van der Waals surface area (Å²) >= 11 is 8.03. The number of benzene rings is 3. The zero-order valence-electron chi connectivity index (χ0n) is 16.0. The molecule has 3 aromatic carbocycles. The van der Waals surface area contributed by atoms with Crippen LogP contribution in [-0.2, 0) is 0 Å². The Kier molecular flexibility index (Phi) is 3.84. The van der Waals surface area contributed by atoms with Crippen molar-refractivity contribution in [2.24, 2.45) is 0 Å². The van der Waals surface area contributed by atoms with Crippen molar-refractivity contribution >= 4 is 36.7 Å². The lowest BCUT2D eigenvalue weighted by atomic mass is 10.1. The molecule has 0 bridgehead atoms. The largest absolute Gasteiger partial charge is 0.189 e. The molecule has 3 unspecified atom stereocenters. The number of fused-ring (bicyclic) bond motifs is 3. The molecule has 0 nitrogen and oxygen atoms in total. The Morgan fingerprint density at radius 2 is 0.793 bits per heavy atom. The molecule has 6 rings (SSSR count). The molecule has 0 amide bonds. The maximum Gasteiger partial charge on any atom is 0.189 e. The van der Waals surface area contributed by atoms with Crippen LogP contribution in [0, 0.1) is 0 Å². The highest BCUT2D eigenvalue weighted by Gasteiger charge is 2.55. The molecule has 0 aliphatic heterocycles. The average molecular weight is 409 g/mol. The molecule has 3 aliphatic carbocycles. The van der Waals surface area contributed by atoms with Gasteiger partial charge in [-0.15, -0.1) is 0 Å². The van der Waals surface area contributed by atoms with E-state index in [9.17, 15) is 0 Å². The zero-order chi connectivity index (χ0) is 19.4. The Hall–Kier alpha value is -2.61. The summed E-state index contributed by atoms with van der Waals surface area (Å²) in [5.41, 5.74) is 8.98. The Labute approximate surface area is 177 Å². The maximum absolute atomic E-state index is 8.03. The molecule has 140 valence electrons. The molecule has 0 radical (unpaired) electrons. The van der Waals surface area contributed by atoms with E-state index in [-0.39, 0.29) is 16.6 Å². The first kappa shape index (κ1) is 17.3. The van der Waals surface area contributed by atoms with Crippen LogP contribution in [0.3, 0.4) is 0 Å². The highest BCUT2D eigenvalue weighted by molar-refractivity contribution is 7.23. The Morgan fingerprint density at radius 1 is 0.483 bits per heavy atom. The van der Waals surface area contributed by atoms with Crippen molar-refractivity contribution in [2.75, 3.05) is 0 Å². The normalized spacial score (nSPS) is 24.9. The Bertz CT molecular complexity index is 1050. The van der Waals surface area contributed by atoms with Crippen molar-refractivity contribution in [2.45, 2.75) is 16.6 Å². The van der Waals surface area contributed by atoms with Gasteiger partial charge in [-0.25, -0.2) is 0 Å². The van der Waals surface area contributed by atoms with Crippen LogP contribution in [-0.4, -0.2) is 7.38 Å². The first-order valence-electron chi connectivity index (χ1n) is 10.3. The monoisotopic (exact) mass is 408 g/mol. The lowest BCUT2D eigenvalue weighted by Crippen LogP contribution is -2.46. The Balaban J connectivity index is 1.57. The van der Waals surface area contributed by atoms with Gasteiger partial charge in [0.05, 0.1) is 0 Å². The number of halogens is 1. The molecule has 29 heavy (non-hydrogen) atoms. The van der Waals surface area contributed by atoms with Gasteiger partial charge in [0.25, 0.3) is 0 Å². The highest BCUT2D eigenvalue weighted by Crippen LogP contribution is 2.56. The molecule has 3 atom stereocenters. The molecular weight excluding hydrogens is 388 g/mol. The van der Waals surface area contributed by atoms with Crippen LogP contribution < -0.4 is 0 Å². The summed E-state index contributed by atoms with van der Waals surface area (Å²) in [4.78, 5) is 0. The van der Waals surface area contributed by atoms with Gasteiger partial charge >= 0.3 is 0 Å². The van der Waals surface area contributed by atoms with Crippen LogP contribution >= 0.6 is 11.1 Å². The molecule has 0 heterocycles. The fourth-order valence-corrected chi connectivity index (χ4v) is 11.8. The molecule has 3 aromatic rings. The first-order valence-corrected chi connectivity index (χ1v) is 13.5. The average Bonchev–Trinajstić information content (AvgIpc) is 3.49. The van der Waals surface area contributed by atoms with Crippen LogP contribution in [0.2, 0.25) is 0 Å². The van der Waals surface area contributed by atoms with Crippen LogP contribution in [0.15, 0.2) is 91.0 Å². The van der Waals surface area contributed by atoms with Gasteiger partial charge in [0, 0.05) is 16.6 Å². The predicted molar refractivity (Wildman–Crippen MR) is 126 cm³/mol. The summed E-state index contributed by atoms with van der Waals surface area (Å²) < 4.78 is 0. The number of hydrogen-bond donors (Lipinski definition) is 0.